The van der Waals surface area contributed by atoms with Gasteiger partial charge in [0.05, 0.1) is 12.1 Å². The molecular formula is C12H15N3O5. The van der Waals surface area contributed by atoms with E-state index in [2.05, 4.69) is 10.3 Å². The van der Waals surface area contributed by atoms with E-state index in [4.69, 9.17) is 4.74 Å². The van der Waals surface area contributed by atoms with Crippen LogP contribution in [0.3, 0.4) is 0 Å². The van der Waals surface area contributed by atoms with E-state index < -0.39 is 37.3 Å². The highest BCUT2D eigenvalue weighted by molar-refractivity contribution is 5.73. The van der Waals surface area contributed by atoms with Gasteiger partial charge in [0.25, 0.3) is 0 Å². The Morgan fingerprint density at radius 2 is 1.85 bits per heavy atom. The van der Waals surface area contributed by atoms with Gasteiger partial charge in [0.15, 0.2) is 6.23 Å². The molecule has 1 fully saturated rings. The van der Waals surface area contributed by atoms with Crippen LogP contribution in [-0.2, 0) is 4.74 Å². The maximum absolute atomic E-state index is 10.0. The van der Waals surface area contributed by atoms with Gasteiger partial charge in [-0.3, -0.25) is 0 Å². The topological polar surface area (TPSA) is 121 Å². The zero-order valence-corrected chi connectivity index (χ0v) is 10.4. The second-order valence-electron chi connectivity index (χ2n) is 4.74. The first-order chi connectivity index (χ1) is 9.63. The molecule has 20 heavy (non-hydrogen) atoms. The number of hydrogen-bond acceptors (Lipinski definition) is 7. The van der Waals surface area contributed by atoms with Crippen LogP contribution >= 0.6 is 0 Å². The summed E-state index contributed by atoms with van der Waals surface area (Å²) in [5.41, 5.74) is 1.24. The van der Waals surface area contributed by atoms with Crippen LogP contribution in [-0.4, -0.2) is 66.4 Å². The number of aromatic nitrogens is 3. The summed E-state index contributed by atoms with van der Waals surface area (Å²) in [5.74, 6) is 0. The van der Waals surface area contributed by atoms with Gasteiger partial charge in [0.2, 0.25) is 0 Å². The van der Waals surface area contributed by atoms with Crippen molar-refractivity contribution >= 4 is 11.0 Å². The first kappa shape index (κ1) is 13.4. The first-order valence-electron chi connectivity index (χ1n) is 6.24. The van der Waals surface area contributed by atoms with E-state index >= 15 is 0 Å². The standard InChI is InChI=1S/C12H15N3O5/c16-5-8-9(17)10(18)11(19)12(20-8)15-7-4-2-1-3-6(7)13-14-15/h1-4,8-12,16-19H,5H2/t8-,9-,10+,11-,12-/m1/s1. The predicted molar refractivity (Wildman–Crippen MR) is 66.5 cm³/mol. The fraction of sp³-hybridized carbons (Fsp3) is 0.500. The molecule has 0 aliphatic carbocycles. The van der Waals surface area contributed by atoms with E-state index in [9.17, 15) is 20.4 Å². The highest BCUT2D eigenvalue weighted by Crippen LogP contribution is 2.29. The van der Waals surface area contributed by atoms with Gasteiger partial charge in [-0.2, -0.15) is 0 Å². The zero-order chi connectivity index (χ0) is 14.3. The fourth-order valence-electron chi connectivity index (χ4n) is 2.36. The summed E-state index contributed by atoms with van der Waals surface area (Å²) in [6.45, 7) is -0.478. The Kier molecular flexibility index (Phi) is 3.40. The van der Waals surface area contributed by atoms with E-state index in [1.54, 1.807) is 24.3 Å². The van der Waals surface area contributed by atoms with E-state index in [0.717, 1.165) is 0 Å². The molecule has 1 aliphatic rings. The van der Waals surface area contributed by atoms with Gasteiger partial charge in [-0.15, -0.1) is 5.10 Å². The Morgan fingerprint density at radius 1 is 1.10 bits per heavy atom. The van der Waals surface area contributed by atoms with Crippen molar-refractivity contribution in [3.05, 3.63) is 24.3 Å². The van der Waals surface area contributed by atoms with Crippen molar-refractivity contribution in [1.82, 2.24) is 15.0 Å². The fourth-order valence-corrected chi connectivity index (χ4v) is 2.36. The molecule has 0 spiro atoms. The Hall–Kier alpha value is -1.58. The number of nitrogens with zero attached hydrogens (tertiary/aromatic N) is 3. The molecule has 1 aromatic heterocycles. The van der Waals surface area contributed by atoms with Crippen LogP contribution in [0.2, 0.25) is 0 Å². The summed E-state index contributed by atoms with van der Waals surface area (Å²) in [5, 5.41) is 46.6. The van der Waals surface area contributed by atoms with Gasteiger partial charge in [0.1, 0.15) is 29.9 Å². The summed E-state index contributed by atoms with van der Waals surface area (Å²) < 4.78 is 6.76. The molecule has 3 rings (SSSR count). The van der Waals surface area contributed by atoms with Crippen LogP contribution in [0.15, 0.2) is 24.3 Å². The summed E-state index contributed by atoms with van der Waals surface area (Å²) in [6.07, 6.45) is -6.20. The Balaban J connectivity index is 2.00. The van der Waals surface area contributed by atoms with E-state index in [1.165, 1.54) is 4.68 Å². The third kappa shape index (κ3) is 1.98. The Morgan fingerprint density at radius 3 is 2.60 bits per heavy atom. The molecule has 108 valence electrons. The summed E-state index contributed by atoms with van der Waals surface area (Å²) in [4.78, 5) is 0. The molecule has 0 radical (unpaired) electrons. The Labute approximate surface area is 113 Å². The van der Waals surface area contributed by atoms with Crippen molar-refractivity contribution in [2.75, 3.05) is 6.61 Å². The molecule has 0 saturated carbocycles. The minimum Gasteiger partial charge on any atom is -0.394 e. The third-order valence-corrected chi connectivity index (χ3v) is 3.49. The number of aliphatic hydroxyl groups is 4. The lowest BCUT2D eigenvalue weighted by molar-refractivity contribution is -0.253. The van der Waals surface area contributed by atoms with Gasteiger partial charge in [-0.25, -0.2) is 4.68 Å². The number of para-hydroxylation sites is 1. The van der Waals surface area contributed by atoms with Gasteiger partial charge in [0, 0.05) is 0 Å². The zero-order valence-electron chi connectivity index (χ0n) is 10.4. The average molecular weight is 281 g/mol. The van der Waals surface area contributed by atoms with Gasteiger partial charge in [-0.05, 0) is 12.1 Å². The predicted octanol–water partition coefficient (Wildman–Crippen LogP) is -1.60. The molecule has 1 saturated heterocycles. The van der Waals surface area contributed by atoms with Crippen LogP contribution < -0.4 is 0 Å². The molecule has 4 N–H and O–H groups in total. The van der Waals surface area contributed by atoms with Crippen LogP contribution in [0, 0.1) is 0 Å². The monoisotopic (exact) mass is 281 g/mol. The molecule has 2 aromatic rings. The van der Waals surface area contributed by atoms with Crippen molar-refractivity contribution in [3.8, 4) is 0 Å². The second kappa shape index (κ2) is 5.08. The molecule has 5 atom stereocenters. The number of ether oxygens (including phenoxy) is 1. The van der Waals surface area contributed by atoms with Crippen LogP contribution in [0.5, 0.6) is 0 Å². The van der Waals surface area contributed by atoms with Crippen LogP contribution in [0.1, 0.15) is 6.23 Å². The molecule has 0 unspecified atom stereocenters. The smallest absolute Gasteiger partial charge is 0.181 e. The first-order valence-corrected chi connectivity index (χ1v) is 6.24. The molecular weight excluding hydrogens is 266 g/mol. The average Bonchev–Trinajstić information content (AvgIpc) is 2.89. The highest BCUT2D eigenvalue weighted by atomic mass is 16.6. The van der Waals surface area contributed by atoms with Crippen molar-refractivity contribution in [2.24, 2.45) is 0 Å². The second-order valence-corrected chi connectivity index (χ2v) is 4.74. The quantitative estimate of drug-likeness (QED) is 0.523. The normalized spacial score (nSPS) is 34.5. The van der Waals surface area contributed by atoms with Gasteiger partial charge >= 0.3 is 0 Å². The molecule has 8 nitrogen and oxygen atoms in total. The van der Waals surface area contributed by atoms with E-state index in [-0.39, 0.29) is 0 Å². The lowest BCUT2D eigenvalue weighted by Gasteiger charge is -2.39. The summed E-state index contributed by atoms with van der Waals surface area (Å²) in [7, 11) is 0. The molecule has 0 amide bonds. The molecule has 8 heteroatoms. The molecule has 1 aromatic carbocycles. The number of aliphatic hydroxyl groups excluding tert-OH is 4. The third-order valence-electron chi connectivity index (χ3n) is 3.49. The number of benzene rings is 1. The minimum atomic E-state index is -1.44. The number of rotatable bonds is 2. The maximum atomic E-state index is 10.0. The number of fused-ring (bicyclic) bond motifs is 1. The van der Waals surface area contributed by atoms with Gasteiger partial charge < -0.3 is 25.2 Å². The molecule has 1 aliphatic heterocycles. The van der Waals surface area contributed by atoms with Crippen molar-refractivity contribution < 1.29 is 25.2 Å². The Bertz CT molecular complexity index is 602. The van der Waals surface area contributed by atoms with E-state index in [0.29, 0.717) is 11.0 Å². The molecule has 2 heterocycles. The maximum Gasteiger partial charge on any atom is 0.181 e. The molecule has 0 bridgehead atoms. The van der Waals surface area contributed by atoms with E-state index in [1.807, 2.05) is 0 Å². The minimum absolute atomic E-state index is 0.478. The van der Waals surface area contributed by atoms with Crippen molar-refractivity contribution in [1.29, 1.82) is 0 Å². The highest BCUT2D eigenvalue weighted by Gasteiger charge is 2.45. The lowest BCUT2D eigenvalue weighted by Crippen LogP contribution is -2.56. The van der Waals surface area contributed by atoms with Crippen molar-refractivity contribution in [2.45, 2.75) is 30.6 Å². The SMILES string of the molecule is OC[C@H]1O[C@@H](n2nnc3ccccc32)[C@H](O)[C@@H](O)[C@@H]1O. The summed E-state index contributed by atoms with van der Waals surface area (Å²) >= 11 is 0. The summed E-state index contributed by atoms with van der Waals surface area (Å²) in [6, 6.07) is 7.08. The lowest BCUT2D eigenvalue weighted by atomic mass is 9.98. The van der Waals surface area contributed by atoms with Crippen LogP contribution in [0.25, 0.3) is 11.0 Å². The number of hydrogen-bond donors (Lipinski definition) is 4. The van der Waals surface area contributed by atoms with Crippen molar-refractivity contribution in [3.63, 3.8) is 0 Å². The largest absolute Gasteiger partial charge is 0.394 e. The van der Waals surface area contributed by atoms with Crippen LogP contribution in [0.4, 0.5) is 0 Å². The van der Waals surface area contributed by atoms with Gasteiger partial charge in [-0.1, -0.05) is 17.3 Å².